The quantitative estimate of drug-likeness (QED) is 0.626. The minimum Gasteiger partial charge on any atom is -0.407 e. The summed E-state index contributed by atoms with van der Waals surface area (Å²) in [5.74, 6) is 50.5. The van der Waals surface area contributed by atoms with Crippen LogP contribution in [0.1, 0.15) is 29.7 Å². The summed E-state index contributed by atoms with van der Waals surface area (Å²) in [6.07, 6.45) is 7.50. The minimum absolute atomic E-state index is 0.106. The Balaban J connectivity index is 1.82. The van der Waals surface area contributed by atoms with Crippen molar-refractivity contribution in [3.8, 4) is 137 Å². The van der Waals surface area contributed by atoms with Crippen molar-refractivity contribution in [3.05, 3.63) is 65.2 Å². The molecule has 0 aliphatic carbocycles. The van der Waals surface area contributed by atoms with E-state index >= 15 is 0 Å². The summed E-state index contributed by atoms with van der Waals surface area (Å²) >= 11 is 0. The third-order valence-corrected chi connectivity index (χ3v) is 4.45. The molecule has 2 nitrogen and oxygen atoms in total. The zero-order valence-electron chi connectivity index (χ0n) is 21.9. The third kappa shape index (κ3) is 12.9. The average molecular weight is 506 g/mol. The Kier molecular flexibility index (Phi) is 14.5. The molecule has 0 heterocycles. The molecule has 1 atom stereocenters. The fourth-order valence-corrected chi connectivity index (χ4v) is 2.80. The van der Waals surface area contributed by atoms with Gasteiger partial charge in [-0.05, 0) is 84.1 Å². The van der Waals surface area contributed by atoms with E-state index in [9.17, 15) is 0 Å². The van der Waals surface area contributed by atoms with E-state index in [-0.39, 0.29) is 6.04 Å². The highest BCUT2D eigenvalue weighted by Gasteiger charge is 2.12. The molecule has 0 amide bonds. The van der Waals surface area contributed by atoms with E-state index in [1.54, 1.807) is 0 Å². The van der Waals surface area contributed by atoms with Crippen LogP contribution in [0.2, 0.25) is 0 Å². The maximum absolute atomic E-state index is 5.43. The molecule has 0 spiro atoms. The van der Waals surface area contributed by atoms with Gasteiger partial charge in [-0.25, -0.2) is 0 Å². The molecule has 2 aromatic rings. The smallest absolute Gasteiger partial charge is 0.140 e. The van der Waals surface area contributed by atoms with Crippen LogP contribution in [-0.4, -0.2) is 6.54 Å². The second kappa shape index (κ2) is 19.5. The molecule has 0 aliphatic rings. The van der Waals surface area contributed by atoms with E-state index in [2.05, 4.69) is 168 Å². The number of rotatable bonds is 5. The van der Waals surface area contributed by atoms with Crippen LogP contribution in [0.4, 0.5) is 0 Å². The number of nitrogens with one attached hydrogen (secondary N) is 1. The maximum Gasteiger partial charge on any atom is 0.140 e. The second-order valence-electron chi connectivity index (χ2n) is 7.19. The molecule has 2 heteroatoms. The summed E-state index contributed by atoms with van der Waals surface area (Å²) in [5.41, 5.74) is 3.59. The molecule has 0 radical (unpaired) electrons. The Hall–Kier alpha value is -6.64. The highest BCUT2D eigenvalue weighted by Crippen LogP contribution is 2.24. The van der Waals surface area contributed by atoms with Crippen molar-refractivity contribution in [2.24, 2.45) is 0 Å². The molecule has 0 aromatic heterocycles. The fraction of sp³-hybridized carbons (Fsp3) is 0.105. The van der Waals surface area contributed by atoms with Crippen LogP contribution in [-0.2, 0) is 0 Å². The van der Waals surface area contributed by atoms with Crippen molar-refractivity contribution in [2.75, 3.05) is 6.54 Å². The molecule has 0 aliphatic heterocycles. The van der Waals surface area contributed by atoms with Gasteiger partial charge in [-0.2, -0.15) is 0 Å². The number of aryl methyl sites for hydroxylation is 1. The molecule has 2 rings (SSSR count). The van der Waals surface area contributed by atoms with Crippen LogP contribution in [0.15, 0.2) is 48.5 Å². The number of terminal acetylenes is 1. The van der Waals surface area contributed by atoms with Gasteiger partial charge in [-0.3, -0.25) is 0 Å². The fourth-order valence-electron chi connectivity index (χ4n) is 2.80. The van der Waals surface area contributed by atoms with Gasteiger partial charge in [0.2, 0.25) is 0 Å². The van der Waals surface area contributed by atoms with Crippen LogP contribution < -0.4 is 10.1 Å². The van der Waals surface area contributed by atoms with Gasteiger partial charge in [0, 0.05) is 71.0 Å². The molecule has 1 unspecified atom stereocenters. The van der Waals surface area contributed by atoms with Gasteiger partial charge in [0.25, 0.3) is 0 Å². The maximum atomic E-state index is 5.43. The molecular weight excluding hydrogens is 486 g/mol. The first kappa shape index (κ1) is 29.6. The van der Waals surface area contributed by atoms with Gasteiger partial charge in [-0.1, -0.05) is 48.9 Å². The Bertz CT molecular complexity index is 1890. The Labute approximate surface area is 238 Å². The van der Waals surface area contributed by atoms with Gasteiger partial charge in [0.15, 0.2) is 0 Å². The van der Waals surface area contributed by atoms with Crippen LogP contribution in [0, 0.1) is 138 Å². The lowest BCUT2D eigenvalue weighted by Gasteiger charge is -2.19. The number of hydrogen-bond acceptors (Lipinski definition) is 2. The van der Waals surface area contributed by atoms with Crippen LogP contribution in [0.5, 0.6) is 5.75 Å². The molecule has 0 saturated carbocycles. The van der Waals surface area contributed by atoms with E-state index in [4.69, 9.17) is 11.2 Å². The van der Waals surface area contributed by atoms with E-state index < -0.39 is 0 Å². The summed E-state index contributed by atoms with van der Waals surface area (Å²) in [6.45, 7) is 5.03. The standard InChI is InChI=1S/C38H19NO/c1-4-6-7-8-9-10-11-12-13-14-15-16-17-18-19-20-21-22-23-24-33-40-37-31-29-36(30-32-37)38(39-5-2)35-27-25-34(3)26-28-35/h1,25-32,38-39H,5H2,2-3H3. The predicted molar refractivity (Wildman–Crippen MR) is 160 cm³/mol. The molecule has 1 N–H and O–H groups in total. The van der Waals surface area contributed by atoms with Crippen molar-refractivity contribution in [2.45, 2.75) is 19.9 Å². The molecule has 0 saturated heterocycles. The summed E-state index contributed by atoms with van der Waals surface area (Å²) < 4.78 is 5.43. The highest BCUT2D eigenvalue weighted by atomic mass is 16.5. The highest BCUT2D eigenvalue weighted by molar-refractivity contribution is 5.47. The summed E-state index contributed by atoms with van der Waals surface area (Å²) in [7, 11) is 0. The lowest BCUT2D eigenvalue weighted by Crippen LogP contribution is -2.21. The Morgan fingerprint density at radius 2 is 0.950 bits per heavy atom. The van der Waals surface area contributed by atoms with Crippen LogP contribution in [0.25, 0.3) is 0 Å². The van der Waals surface area contributed by atoms with E-state index in [0.29, 0.717) is 5.75 Å². The zero-order chi connectivity index (χ0) is 28.5. The monoisotopic (exact) mass is 505 g/mol. The van der Waals surface area contributed by atoms with Crippen LogP contribution in [0.3, 0.4) is 0 Å². The van der Waals surface area contributed by atoms with E-state index in [1.165, 1.54) is 11.1 Å². The molecule has 40 heavy (non-hydrogen) atoms. The first-order chi connectivity index (χ1) is 19.7. The number of hydrogen-bond donors (Lipinski definition) is 1. The second-order valence-corrected chi connectivity index (χ2v) is 7.19. The third-order valence-electron chi connectivity index (χ3n) is 4.45. The van der Waals surface area contributed by atoms with E-state index in [1.807, 2.05) is 24.3 Å². The number of ether oxygens (including phenoxy) is 1. The van der Waals surface area contributed by atoms with Gasteiger partial charge >= 0.3 is 0 Å². The Morgan fingerprint density at radius 3 is 1.35 bits per heavy atom. The normalized spacial score (nSPS) is 7.83. The molecule has 0 bridgehead atoms. The largest absolute Gasteiger partial charge is 0.407 e. The van der Waals surface area contributed by atoms with Crippen molar-refractivity contribution in [1.29, 1.82) is 0 Å². The van der Waals surface area contributed by atoms with Gasteiger partial charge in [0.1, 0.15) is 11.9 Å². The van der Waals surface area contributed by atoms with Crippen molar-refractivity contribution < 1.29 is 4.74 Å². The predicted octanol–water partition coefficient (Wildman–Crippen LogP) is 3.70. The van der Waals surface area contributed by atoms with Crippen molar-refractivity contribution in [3.63, 3.8) is 0 Å². The van der Waals surface area contributed by atoms with Gasteiger partial charge < -0.3 is 10.1 Å². The average Bonchev–Trinajstić information content (AvgIpc) is 2.98. The first-order valence-electron chi connectivity index (χ1n) is 11.8. The number of benzene rings is 2. The van der Waals surface area contributed by atoms with Gasteiger partial charge in [-0.15, -0.1) is 6.42 Å². The van der Waals surface area contributed by atoms with Gasteiger partial charge in [0.05, 0.1) is 6.04 Å². The first-order valence-corrected chi connectivity index (χ1v) is 11.8. The van der Waals surface area contributed by atoms with Crippen LogP contribution >= 0.6 is 0 Å². The topological polar surface area (TPSA) is 21.3 Å². The van der Waals surface area contributed by atoms with Crippen molar-refractivity contribution in [1.82, 2.24) is 5.32 Å². The SMILES string of the molecule is C#CC#CC#CC#CC#CC#CC#CC#CC#CC#CC#COc1ccc(C(NCC)c2ccc(C)cc2)cc1. The Morgan fingerprint density at radius 1 is 0.575 bits per heavy atom. The molecule has 182 valence electrons. The summed E-state index contributed by atoms with van der Waals surface area (Å²) in [5, 5.41) is 3.52. The molecular formula is C38H19NO. The molecule has 2 aromatic carbocycles. The lowest BCUT2D eigenvalue weighted by molar-refractivity contribution is 0.519. The molecule has 0 fully saturated rings. The summed E-state index contributed by atoms with van der Waals surface area (Å²) in [4.78, 5) is 0. The van der Waals surface area contributed by atoms with Crippen molar-refractivity contribution >= 4 is 0 Å². The van der Waals surface area contributed by atoms with E-state index in [0.717, 1.165) is 12.1 Å². The lowest BCUT2D eigenvalue weighted by atomic mass is 9.98. The zero-order valence-corrected chi connectivity index (χ0v) is 21.9. The summed E-state index contributed by atoms with van der Waals surface area (Å²) in [6, 6.07) is 16.4. The minimum atomic E-state index is 0.106.